The van der Waals surface area contributed by atoms with Gasteiger partial charge in [0.2, 0.25) is 0 Å². The van der Waals surface area contributed by atoms with Crippen molar-refractivity contribution in [3.05, 3.63) is 24.0 Å². The van der Waals surface area contributed by atoms with Crippen molar-refractivity contribution in [3.8, 4) is 0 Å². The zero-order valence-corrected chi connectivity index (χ0v) is 11.8. The lowest BCUT2D eigenvalue weighted by Gasteiger charge is -2.41. The molecule has 1 aliphatic carbocycles. The first-order valence-electron chi connectivity index (χ1n) is 7.26. The molecule has 1 atom stereocenters. The molecular weight excluding hydrogens is 220 g/mol. The molecular formula is C16H24N2. The molecule has 98 valence electrons. The fourth-order valence-corrected chi connectivity index (χ4v) is 3.27. The second-order valence-electron chi connectivity index (χ2n) is 6.75. The van der Waals surface area contributed by atoms with Crippen LogP contribution in [0, 0.1) is 24.2 Å². The van der Waals surface area contributed by atoms with Gasteiger partial charge in [0.15, 0.2) is 0 Å². The van der Waals surface area contributed by atoms with Gasteiger partial charge in [-0.25, -0.2) is 0 Å². The van der Waals surface area contributed by atoms with Crippen LogP contribution in [0.1, 0.15) is 38.8 Å². The van der Waals surface area contributed by atoms with E-state index in [9.17, 15) is 0 Å². The van der Waals surface area contributed by atoms with E-state index in [0.29, 0.717) is 5.41 Å². The summed E-state index contributed by atoms with van der Waals surface area (Å²) >= 11 is 0. The van der Waals surface area contributed by atoms with Crippen molar-refractivity contribution in [2.24, 2.45) is 17.3 Å². The number of anilines is 1. The summed E-state index contributed by atoms with van der Waals surface area (Å²) in [6.07, 6.45) is 6.37. The van der Waals surface area contributed by atoms with Gasteiger partial charge in [-0.3, -0.25) is 4.98 Å². The van der Waals surface area contributed by atoms with Gasteiger partial charge in [0, 0.05) is 18.8 Å². The van der Waals surface area contributed by atoms with Crippen LogP contribution >= 0.6 is 0 Å². The molecule has 1 aromatic heterocycles. The molecule has 3 rings (SSSR count). The standard InChI is InChI=1S/C16H24N2/c1-12(2)14-8-16(6-7-16)11-18(10-14)15-5-4-13(3)17-9-15/h4-5,9,12,14H,6-8,10-11H2,1-3H3. The molecule has 1 spiro atoms. The SMILES string of the molecule is Cc1ccc(N2CC(C(C)C)CC3(CC3)C2)cn1. The maximum Gasteiger partial charge on any atom is 0.0553 e. The number of aromatic nitrogens is 1. The predicted octanol–water partition coefficient (Wildman–Crippen LogP) is 3.65. The molecule has 2 fully saturated rings. The second-order valence-corrected chi connectivity index (χ2v) is 6.75. The third-order valence-electron chi connectivity index (χ3n) is 4.84. The molecule has 1 unspecified atom stereocenters. The van der Waals surface area contributed by atoms with Gasteiger partial charge < -0.3 is 4.90 Å². The Labute approximate surface area is 110 Å². The average molecular weight is 244 g/mol. The molecule has 2 nitrogen and oxygen atoms in total. The molecule has 0 bridgehead atoms. The van der Waals surface area contributed by atoms with E-state index in [1.54, 1.807) is 0 Å². The third kappa shape index (κ3) is 2.25. The molecule has 0 amide bonds. The van der Waals surface area contributed by atoms with Gasteiger partial charge in [-0.05, 0) is 55.6 Å². The summed E-state index contributed by atoms with van der Waals surface area (Å²) in [6, 6.07) is 4.37. The highest BCUT2D eigenvalue weighted by molar-refractivity contribution is 5.46. The molecule has 2 heteroatoms. The summed E-state index contributed by atoms with van der Waals surface area (Å²) in [5.41, 5.74) is 3.08. The van der Waals surface area contributed by atoms with E-state index in [-0.39, 0.29) is 0 Å². The maximum atomic E-state index is 4.45. The number of aryl methyl sites for hydroxylation is 1. The van der Waals surface area contributed by atoms with Crippen molar-refractivity contribution in [2.75, 3.05) is 18.0 Å². The van der Waals surface area contributed by atoms with Crippen LogP contribution < -0.4 is 4.90 Å². The highest BCUT2D eigenvalue weighted by Crippen LogP contribution is 2.54. The van der Waals surface area contributed by atoms with E-state index in [4.69, 9.17) is 0 Å². The van der Waals surface area contributed by atoms with Gasteiger partial charge in [-0.1, -0.05) is 13.8 Å². The maximum absolute atomic E-state index is 4.45. The lowest BCUT2D eigenvalue weighted by molar-refractivity contribution is 0.243. The molecule has 1 saturated carbocycles. The van der Waals surface area contributed by atoms with Crippen molar-refractivity contribution in [3.63, 3.8) is 0 Å². The summed E-state index contributed by atoms with van der Waals surface area (Å²) in [6.45, 7) is 9.26. The molecule has 0 N–H and O–H groups in total. The largest absolute Gasteiger partial charge is 0.369 e. The van der Waals surface area contributed by atoms with E-state index in [0.717, 1.165) is 17.5 Å². The van der Waals surface area contributed by atoms with Crippen LogP contribution in [0.3, 0.4) is 0 Å². The normalized spacial score (nSPS) is 25.8. The van der Waals surface area contributed by atoms with E-state index in [1.807, 2.05) is 6.20 Å². The zero-order chi connectivity index (χ0) is 12.8. The molecule has 0 radical (unpaired) electrons. The molecule has 1 saturated heterocycles. The summed E-state index contributed by atoms with van der Waals surface area (Å²) in [5, 5.41) is 0. The Morgan fingerprint density at radius 2 is 2.11 bits per heavy atom. The first-order chi connectivity index (χ1) is 8.58. The highest BCUT2D eigenvalue weighted by Gasteiger charge is 2.48. The summed E-state index contributed by atoms with van der Waals surface area (Å²) in [4.78, 5) is 7.03. The number of rotatable bonds is 2. The number of hydrogen-bond acceptors (Lipinski definition) is 2. The van der Waals surface area contributed by atoms with Crippen molar-refractivity contribution in [1.82, 2.24) is 4.98 Å². The summed E-state index contributed by atoms with van der Waals surface area (Å²) < 4.78 is 0. The second kappa shape index (κ2) is 4.25. The van der Waals surface area contributed by atoms with E-state index in [1.165, 1.54) is 38.0 Å². The Bertz CT molecular complexity index is 417. The van der Waals surface area contributed by atoms with E-state index in [2.05, 4.69) is 42.8 Å². The third-order valence-corrected chi connectivity index (χ3v) is 4.84. The first-order valence-corrected chi connectivity index (χ1v) is 7.26. The fraction of sp³-hybridized carbons (Fsp3) is 0.688. The van der Waals surface area contributed by atoms with Gasteiger partial charge in [-0.15, -0.1) is 0 Å². The minimum Gasteiger partial charge on any atom is -0.369 e. The minimum absolute atomic E-state index is 0.651. The highest BCUT2D eigenvalue weighted by atomic mass is 15.2. The van der Waals surface area contributed by atoms with Crippen molar-refractivity contribution in [1.29, 1.82) is 0 Å². The molecule has 1 aromatic rings. The lowest BCUT2D eigenvalue weighted by Crippen LogP contribution is -2.43. The van der Waals surface area contributed by atoms with Gasteiger partial charge in [0.05, 0.1) is 11.9 Å². The Hall–Kier alpha value is -1.05. The Kier molecular flexibility index (Phi) is 2.84. The summed E-state index contributed by atoms with van der Waals surface area (Å²) in [5.74, 6) is 1.64. The Balaban J connectivity index is 1.81. The monoisotopic (exact) mass is 244 g/mol. The first kappa shape index (κ1) is 12.0. The van der Waals surface area contributed by atoms with Crippen molar-refractivity contribution in [2.45, 2.75) is 40.0 Å². The van der Waals surface area contributed by atoms with Gasteiger partial charge in [0.25, 0.3) is 0 Å². The van der Waals surface area contributed by atoms with Crippen molar-refractivity contribution < 1.29 is 0 Å². The van der Waals surface area contributed by atoms with Crippen LogP contribution in [0.15, 0.2) is 18.3 Å². The number of nitrogens with zero attached hydrogens (tertiary/aromatic N) is 2. The van der Waals surface area contributed by atoms with Crippen LogP contribution in [0.4, 0.5) is 5.69 Å². The minimum atomic E-state index is 0.651. The van der Waals surface area contributed by atoms with Crippen LogP contribution in [-0.4, -0.2) is 18.1 Å². The average Bonchev–Trinajstić information content (AvgIpc) is 3.08. The number of piperidine rings is 1. The Morgan fingerprint density at radius 1 is 1.33 bits per heavy atom. The van der Waals surface area contributed by atoms with Crippen LogP contribution in [-0.2, 0) is 0 Å². The predicted molar refractivity (Wildman–Crippen MR) is 75.8 cm³/mol. The molecule has 2 heterocycles. The van der Waals surface area contributed by atoms with Crippen molar-refractivity contribution >= 4 is 5.69 Å². The van der Waals surface area contributed by atoms with E-state index < -0.39 is 0 Å². The zero-order valence-electron chi connectivity index (χ0n) is 11.8. The van der Waals surface area contributed by atoms with E-state index >= 15 is 0 Å². The smallest absolute Gasteiger partial charge is 0.0553 e. The quantitative estimate of drug-likeness (QED) is 0.789. The van der Waals surface area contributed by atoms with Crippen LogP contribution in [0.5, 0.6) is 0 Å². The topological polar surface area (TPSA) is 16.1 Å². The lowest BCUT2D eigenvalue weighted by atomic mass is 9.80. The van der Waals surface area contributed by atoms with Crippen LogP contribution in [0.2, 0.25) is 0 Å². The van der Waals surface area contributed by atoms with Gasteiger partial charge in [0.1, 0.15) is 0 Å². The molecule has 0 aromatic carbocycles. The fourth-order valence-electron chi connectivity index (χ4n) is 3.27. The molecule has 18 heavy (non-hydrogen) atoms. The van der Waals surface area contributed by atoms with Gasteiger partial charge in [-0.2, -0.15) is 0 Å². The van der Waals surface area contributed by atoms with Crippen LogP contribution in [0.25, 0.3) is 0 Å². The van der Waals surface area contributed by atoms with Gasteiger partial charge >= 0.3 is 0 Å². The molecule has 1 aliphatic heterocycles. The number of pyridine rings is 1. The summed E-state index contributed by atoms with van der Waals surface area (Å²) in [7, 11) is 0. The Morgan fingerprint density at radius 3 is 2.67 bits per heavy atom. The molecule has 2 aliphatic rings. The number of hydrogen-bond donors (Lipinski definition) is 0.